The molecular formula is C28H22N2O. The van der Waals surface area contributed by atoms with Crippen LogP contribution in [0.25, 0.3) is 10.9 Å². The van der Waals surface area contributed by atoms with Crippen LogP contribution >= 0.6 is 0 Å². The van der Waals surface area contributed by atoms with Gasteiger partial charge < -0.3 is 10.4 Å². The van der Waals surface area contributed by atoms with Crippen molar-refractivity contribution in [2.75, 3.05) is 5.32 Å². The summed E-state index contributed by atoms with van der Waals surface area (Å²) < 4.78 is 0. The van der Waals surface area contributed by atoms with Gasteiger partial charge in [-0.05, 0) is 41.0 Å². The number of nitrogens with zero attached hydrogens (tertiary/aromatic N) is 1. The Bertz CT molecular complexity index is 1210. The van der Waals surface area contributed by atoms with E-state index in [9.17, 15) is 5.11 Å². The highest BCUT2D eigenvalue weighted by molar-refractivity contribution is 5.82. The smallest absolute Gasteiger partial charge is 0.127 e. The summed E-state index contributed by atoms with van der Waals surface area (Å²) in [5.74, 6) is 0.937. The van der Waals surface area contributed by atoms with E-state index in [1.807, 2.05) is 36.4 Å². The third-order valence-corrected chi connectivity index (χ3v) is 5.61. The first kappa shape index (κ1) is 18.9. The van der Waals surface area contributed by atoms with E-state index in [-0.39, 0.29) is 5.75 Å². The molecule has 3 nitrogen and oxygen atoms in total. The maximum atomic E-state index is 9.93. The SMILES string of the molecule is Oc1ccc2ccc(NC(c3ccccc3)(c3ccccc3)c3ccccc3)nc2c1. The molecule has 0 unspecified atom stereocenters. The van der Waals surface area contributed by atoms with Crippen LogP contribution in [-0.4, -0.2) is 10.1 Å². The number of aromatic hydroxyl groups is 1. The first-order chi connectivity index (χ1) is 15.3. The van der Waals surface area contributed by atoms with Crippen LogP contribution in [0.2, 0.25) is 0 Å². The number of aromatic nitrogens is 1. The number of phenolic OH excluding ortho intramolecular Hbond substituents is 1. The Hall–Kier alpha value is -4.11. The molecule has 1 heterocycles. The lowest BCUT2D eigenvalue weighted by molar-refractivity contribution is 0.476. The number of benzene rings is 4. The second-order valence-electron chi connectivity index (χ2n) is 7.55. The maximum Gasteiger partial charge on any atom is 0.127 e. The third kappa shape index (κ3) is 3.51. The Kier molecular flexibility index (Phi) is 4.85. The fraction of sp³-hybridized carbons (Fsp3) is 0.0357. The van der Waals surface area contributed by atoms with Crippen molar-refractivity contribution in [2.45, 2.75) is 5.54 Å². The van der Waals surface area contributed by atoms with Crippen LogP contribution in [0.1, 0.15) is 16.7 Å². The number of fused-ring (bicyclic) bond motifs is 1. The monoisotopic (exact) mass is 402 g/mol. The van der Waals surface area contributed by atoms with E-state index in [1.54, 1.807) is 12.1 Å². The van der Waals surface area contributed by atoms with E-state index < -0.39 is 5.54 Å². The third-order valence-electron chi connectivity index (χ3n) is 5.61. The predicted molar refractivity (Wildman–Crippen MR) is 126 cm³/mol. The summed E-state index contributed by atoms with van der Waals surface area (Å²) in [6.45, 7) is 0. The minimum Gasteiger partial charge on any atom is -0.508 e. The van der Waals surface area contributed by atoms with Gasteiger partial charge in [0.25, 0.3) is 0 Å². The number of hydrogen-bond donors (Lipinski definition) is 2. The number of nitrogens with one attached hydrogen (secondary N) is 1. The summed E-state index contributed by atoms with van der Waals surface area (Å²) in [5, 5.41) is 14.7. The standard InChI is InChI=1S/C28H22N2O/c31-25-18-16-21-17-19-27(29-26(21)20-25)30-28(22-10-4-1-5-11-22,23-12-6-2-7-13-23)24-14-8-3-9-15-24/h1-20,31H,(H,29,30). The molecule has 0 aliphatic rings. The lowest BCUT2D eigenvalue weighted by Crippen LogP contribution is -2.38. The topological polar surface area (TPSA) is 45.1 Å². The quantitative estimate of drug-likeness (QED) is 0.337. The molecule has 0 fully saturated rings. The second-order valence-corrected chi connectivity index (χ2v) is 7.55. The Morgan fingerprint density at radius 1 is 0.581 bits per heavy atom. The molecule has 1 aromatic heterocycles. The van der Waals surface area contributed by atoms with Gasteiger partial charge in [-0.25, -0.2) is 4.98 Å². The van der Waals surface area contributed by atoms with E-state index in [4.69, 9.17) is 4.98 Å². The highest BCUT2D eigenvalue weighted by Gasteiger charge is 2.36. The van der Waals surface area contributed by atoms with Gasteiger partial charge in [-0.15, -0.1) is 0 Å². The Morgan fingerprint density at radius 3 is 1.58 bits per heavy atom. The molecule has 0 radical (unpaired) electrons. The van der Waals surface area contributed by atoms with Gasteiger partial charge >= 0.3 is 0 Å². The van der Waals surface area contributed by atoms with Crippen LogP contribution in [0, 0.1) is 0 Å². The maximum absolute atomic E-state index is 9.93. The average Bonchev–Trinajstić information content (AvgIpc) is 2.84. The molecule has 4 aromatic carbocycles. The molecule has 5 rings (SSSR count). The number of phenols is 1. The fourth-order valence-electron chi connectivity index (χ4n) is 4.15. The molecule has 3 heteroatoms. The Balaban J connectivity index is 1.76. The van der Waals surface area contributed by atoms with Crippen molar-refractivity contribution in [3.63, 3.8) is 0 Å². The summed E-state index contributed by atoms with van der Waals surface area (Å²) in [6.07, 6.45) is 0. The molecule has 2 N–H and O–H groups in total. The van der Waals surface area contributed by atoms with E-state index >= 15 is 0 Å². The van der Waals surface area contributed by atoms with E-state index in [0.717, 1.165) is 33.4 Å². The zero-order valence-corrected chi connectivity index (χ0v) is 16.9. The van der Waals surface area contributed by atoms with Gasteiger partial charge in [0.1, 0.15) is 17.1 Å². The van der Waals surface area contributed by atoms with Crippen LogP contribution in [0.15, 0.2) is 121 Å². The number of pyridine rings is 1. The zero-order chi connectivity index (χ0) is 21.1. The molecule has 150 valence electrons. The molecule has 0 aliphatic heterocycles. The van der Waals surface area contributed by atoms with Crippen molar-refractivity contribution >= 4 is 16.7 Å². The number of anilines is 1. The Labute approximate surface area is 181 Å². The van der Waals surface area contributed by atoms with Crippen molar-refractivity contribution in [1.82, 2.24) is 4.98 Å². The predicted octanol–water partition coefficient (Wildman–Crippen LogP) is 6.34. The van der Waals surface area contributed by atoms with Crippen LogP contribution < -0.4 is 5.32 Å². The fourth-order valence-corrected chi connectivity index (χ4v) is 4.15. The van der Waals surface area contributed by atoms with Crippen LogP contribution in [0.5, 0.6) is 5.75 Å². The summed E-state index contributed by atoms with van der Waals surface area (Å²) >= 11 is 0. The van der Waals surface area contributed by atoms with Crippen molar-refractivity contribution < 1.29 is 5.11 Å². The lowest BCUT2D eigenvalue weighted by atomic mass is 9.77. The number of hydrogen-bond acceptors (Lipinski definition) is 3. The molecular weight excluding hydrogens is 380 g/mol. The van der Waals surface area contributed by atoms with E-state index in [2.05, 4.69) is 78.1 Å². The molecule has 0 saturated heterocycles. The van der Waals surface area contributed by atoms with Crippen LogP contribution in [0.3, 0.4) is 0 Å². The molecule has 0 aliphatic carbocycles. The van der Waals surface area contributed by atoms with Crippen molar-refractivity contribution in [2.24, 2.45) is 0 Å². The largest absolute Gasteiger partial charge is 0.508 e. The minimum absolute atomic E-state index is 0.206. The number of rotatable bonds is 5. The lowest BCUT2D eigenvalue weighted by Gasteiger charge is -2.37. The highest BCUT2D eigenvalue weighted by Crippen LogP contribution is 2.39. The highest BCUT2D eigenvalue weighted by atomic mass is 16.3. The second kappa shape index (κ2) is 7.96. The summed E-state index contributed by atoms with van der Waals surface area (Å²) in [4.78, 5) is 4.83. The van der Waals surface area contributed by atoms with Gasteiger partial charge in [0.2, 0.25) is 0 Å². The van der Waals surface area contributed by atoms with E-state index in [1.165, 1.54) is 0 Å². The summed E-state index contributed by atoms with van der Waals surface area (Å²) in [5.41, 5.74) is 3.45. The zero-order valence-electron chi connectivity index (χ0n) is 16.9. The normalized spacial score (nSPS) is 11.4. The molecule has 5 aromatic rings. The average molecular weight is 402 g/mol. The summed E-state index contributed by atoms with van der Waals surface area (Å²) in [7, 11) is 0. The first-order valence-corrected chi connectivity index (χ1v) is 10.3. The van der Waals surface area contributed by atoms with Crippen LogP contribution in [-0.2, 0) is 5.54 Å². The minimum atomic E-state index is -0.638. The molecule has 0 amide bonds. The first-order valence-electron chi connectivity index (χ1n) is 10.3. The molecule has 0 bridgehead atoms. The molecule has 0 spiro atoms. The Morgan fingerprint density at radius 2 is 1.06 bits per heavy atom. The van der Waals surface area contributed by atoms with Gasteiger partial charge in [0.05, 0.1) is 5.52 Å². The van der Waals surface area contributed by atoms with Crippen molar-refractivity contribution in [1.29, 1.82) is 0 Å². The van der Waals surface area contributed by atoms with Gasteiger partial charge in [0.15, 0.2) is 0 Å². The summed E-state index contributed by atoms with van der Waals surface area (Å²) in [6, 6.07) is 40.5. The molecule has 0 saturated carbocycles. The molecule has 0 atom stereocenters. The van der Waals surface area contributed by atoms with E-state index in [0.29, 0.717) is 0 Å². The van der Waals surface area contributed by atoms with Gasteiger partial charge in [0, 0.05) is 11.5 Å². The molecule has 31 heavy (non-hydrogen) atoms. The van der Waals surface area contributed by atoms with Crippen molar-refractivity contribution in [3.8, 4) is 5.75 Å². The van der Waals surface area contributed by atoms with Crippen LogP contribution in [0.4, 0.5) is 5.82 Å². The van der Waals surface area contributed by atoms with Crippen molar-refractivity contribution in [3.05, 3.63) is 138 Å². The van der Waals surface area contributed by atoms with Gasteiger partial charge in [-0.1, -0.05) is 91.0 Å². The van der Waals surface area contributed by atoms with Gasteiger partial charge in [-0.3, -0.25) is 0 Å². The van der Waals surface area contributed by atoms with Gasteiger partial charge in [-0.2, -0.15) is 0 Å².